The van der Waals surface area contributed by atoms with E-state index in [0.717, 1.165) is 16.5 Å². The van der Waals surface area contributed by atoms with Gasteiger partial charge in [-0.25, -0.2) is 18.2 Å². The van der Waals surface area contributed by atoms with Crippen LogP contribution >= 0.6 is 0 Å². The Bertz CT molecular complexity index is 1500. The van der Waals surface area contributed by atoms with Crippen LogP contribution in [0.2, 0.25) is 0 Å². The summed E-state index contributed by atoms with van der Waals surface area (Å²) in [7, 11) is -2.41. The van der Waals surface area contributed by atoms with E-state index in [1.54, 1.807) is 23.1 Å². The summed E-state index contributed by atoms with van der Waals surface area (Å²) in [6, 6.07) is 14.8. The van der Waals surface area contributed by atoms with Crippen LogP contribution in [0.5, 0.6) is 5.88 Å². The number of hydrogen-bond donors (Lipinski definition) is 3. The molecule has 1 aromatic heterocycles. The molecule has 0 radical (unpaired) electrons. The van der Waals surface area contributed by atoms with Crippen LogP contribution in [-0.4, -0.2) is 67.4 Å². The molecular formula is C24H24F3N5O6S. The first-order chi connectivity index (χ1) is 18.3. The van der Waals surface area contributed by atoms with Gasteiger partial charge in [0.1, 0.15) is 6.04 Å². The quantitative estimate of drug-likeness (QED) is 0.222. The van der Waals surface area contributed by atoms with E-state index < -0.39 is 28.2 Å². The number of nitrogens with two attached hydrogens (primary N) is 1. The summed E-state index contributed by atoms with van der Waals surface area (Å²) in [6.07, 6.45) is -3.16. The molecule has 1 amide bonds. The smallest absolute Gasteiger partial charge is 0.481 e. The van der Waals surface area contributed by atoms with Crippen LogP contribution in [0.4, 0.5) is 13.2 Å². The SMILES string of the molecule is COc1ccc2ccc(S(=O)(=O)N[C@H]3CCN(Cc4cccc(C=NN)c4)C3=O)cc2n1.O=C(O)C(F)(F)F. The Hall–Kier alpha value is -4.24. The number of alkyl halides is 3. The zero-order chi connectivity index (χ0) is 28.8. The summed E-state index contributed by atoms with van der Waals surface area (Å²) in [5.41, 5.74) is 2.23. The van der Waals surface area contributed by atoms with Crippen molar-refractivity contribution in [3.05, 3.63) is 65.7 Å². The molecule has 1 aliphatic heterocycles. The van der Waals surface area contributed by atoms with Gasteiger partial charge in [0.2, 0.25) is 21.8 Å². The number of benzene rings is 2. The molecule has 39 heavy (non-hydrogen) atoms. The molecule has 0 bridgehead atoms. The number of sulfonamides is 1. The molecule has 11 nitrogen and oxygen atoms in total. The van der Waals surface area contributed by atoms with Crippen LogP contribution in [0.15, 0.2) is 64.6 Å². The van der Waals surface area contributed by atoms with Crippen molar-refractivity contribution in [3.8, 4) is 5.88 Å². The Labute approximate surface area is 221 Å². The molecule has 4 N–H and O–H groups in total. The van der Waals surface area contributed by atoms with Crippen LogP contribution in [0.25, 0.3) is 10.9 Å². The number of carbonyl (C=O) groups excluding carboxylic acids is 1. The number of halogens is 3. The number of fused-ring (bicyclic) bond motifs is 1. The standard InChI is InChI=1S/C22H23N5O4S.C2HF3O2/c1-31-21-8-6-17-5-7-18(12-20(17)25-21)32(29,30)26-19-9-10-27(22(19)28)14-16-4-2-3-15(11-16)13-24-23;3-2(4,5)1(6)7/h2-8,11-13,19,26H,9-10,14,23H2,1H3;(H,6,7)/t19-;/m0./s1. The molecule has 0 spiro atoms. The average Bonchev–Trinajstić information content (AvgIpc) is 3.21. The number of amides is 1. The third-order valence-electron chi connectivity index (χ3n) is 5.54. The fraction of sp³-hybridized carbons (Fsp3) is 0.250. The van der Waals surface area contributed by atoms with Gasteiger partial charge in [-0.15, -0.1) is 0 Å². The molecular weight excluding hydrogens is 543 g/mol. The Balaban J connectivity index is 0.000000532. The highest BCUT2D eigenvalue weighted by Crippen LogP contribution is 2.22. The molecule has 3 aromatic rings. The van der Waals surface area contributed by atoms with Crippen molar-refractivity contribution < 1.29 is 41.0 Å². The molecule has 0 saturated carbocycles. The number of nitrogens with one attached hydrogen (secondary N) is 1. The molecule has 15 heteroatoms. The van der Waals surface area contributed by atoms with Crippen LogP contribution in [-0.2, 0) is 26.2 Å². The van der Waals surface area contributed by atoms with E-state index in [1.165, 1.54) is 25.5 Å². The molecule has 1 fully saturated rings. The molecule has 2 heterocycles. The maximum absolute atomic E-state index is 12.9. The van der Waals surface area contributed by atoms with Gasteiger partial charge in [0, 0.05) is 24.5 Å². The van der Waals surface area contributed by atoms with Gasteiger partial charge in [0.15, 0.2) is 0 Å². The van der Waals surface area contributed by atoms with Crippen molar-refractivity contribution in [2.24, 2.45) is 10.9 Å². The van der Waals surface area contributed by atoms with Crippen LogP contribution in [0.1, 0.15) is 17.5 Å². The van der Waals surface area contributed by atoms with Gasteiger partial charge in [-0.3, -0.25) is 4.79 Å². The minimum absolute atomic E-state index is 0.0470. The van der Waals surface area contributed by atoms with E-state index >= 15 is 0 Å². The molecule has 1 saturated heterocycles. The lowest BCUT2D eigenvalue weighted by Crippen LogP contribution is -2.41. The first-order valence-electron chi connectivity index (χ1n) is 11.2. The molecule has 1 aliphatic rings. The van der Waals surface area contributed by atoms with E-state index in [-0.39, 0.29) is 10.8 Å². The topological polar surface area (TPSA) is 164 Å². The number of aromatic nitrogens is 1. The number of likely N-dealkylation sites (tertiary alicyclic amines) is 1. The summed E-state index contributed by atoms with van der Waals surface area (Å²) in [5, 5.41) is 11.4. The summed E-state index contributed by atoms with van der Waals surface area (Å²) in [6.45, 7) is 0.834. The Morgan fingerprint density at radius 2 is 1.95 bits per heavy atom. The van der Waals surface area contributed by atoms with Crippen molar-refractivity contribution >= 4 is 39.0 Å². The molecule has 208 valence electrons. The molecule has 0 aliphatic carbocycles. The number of nitrogens with zero attached hydrogens (tertiary/aromatic N) is 3. The number of hydrazone groups is 1. The first-order valence-corrected chi connectivity index (χ1v) is 12.7. The normalized spacial score (nSPS) is 15.8. The number of ether oxygens (including phenoxy) is 1. The second-order valence-corrected chi connectivity index (χ2v) is 9.97. The number of pyridine rings is 1. The van der Waals surface area contributed by atoms with Crippen LogP contribution < -0.4 is 15.3 Å². The second-order valence-electron chi connectivity index (χ2n) is 8.26. The van der Waals surface area contributed by atoms with E-state index in [4.69, 9.17) is 20.5 Å². The lowest BCUT2D eigenvalue weighted by atomic mass is 10.1. The molecule has 4 rings (SSSR count). The monoisotopic (exact) mass is 567 g/mol. The number of methoxy groups -OCH3 is 1. The van der Waals surface area contributed by atoms with E-state index in [2.05, 4.69) is 14.8 Å². The van der Waals surface area contributed by atoms with Crippen molar-refractivity contribution in [2.75, 3.05) is 13.7 Å². The average molecular weight is 568 g/mol. The fourth-order valence-corrected chi connectivity index (χ4v) is 4.94. The number of carboxylic acids is 1. The van der Waals surface area contributed by atoms with E-state index in [1.807, 2.05) is 24.3 Å². The zero-order valence-electron chi connectivity index (χ0n) is 20.4. The van der Waals surface area contributed by atoms with Gasteiger partial charge in [-0.1, -0.05) is 24.3 Å². The predicted molar refractivity (Wildman–Crippen MR) is 134 cm³/mol. The number of carboxylic acid groups (broad SMARTS) is 1. The van der Waals surface area contributed by atoms with E-state index in [9.17, 15) is 26.4 Å². The number of rotatable bonds is 7. The molecule has 2 aromatic carbocycles. The summed E-state index contributed by atoms with van der Waals surface area (Å²) in [4.78, 5) is 27.7. The highest BCUT2D eigenvalue weighted by molar-refractivity contribution is 7.89. The summed E-state index contributed by atoms with van der Waals surface area (Å²) < 4.78 is 65.3. The van der Waals surface area contributed by atoms with Crippen molar-refractivity contribution in [3.63, 3.8) is 0 Å². The zero-order valence-corrected chi connectivity index (χ0v) is 21.2. The summed E-state index contributed by atoms with van der Waals surface area (Å²) in [5.74, 6) is 2.57. The second kappa shape index (κ2) is 12.1. The predicted octanol–water partition coefficient (Wildman–Crippen LogP) is 2.25. The largest absolute Gasteiger partial charge is 0.490 e. The van der Waals surface area contributed by atoms with Crippen molar-refractivity contribution in [1.29, 1.82) is 0 Å². The van der Waals surface area contributed by atoms with Crippen LogP contribution in [0, 0.1) is 0 Å². The molecule has 1 atom stereocenters. The first kappa shape index (κ1) is 29.3. The van der Waals surface area contributed by atoms with Gasteiger partial charge in [-0.2, -0.15) is 23.0 Å². The Morgan fingerprint density at radius 1 is 1.26 bits per heavy atom. The third kappa shape index (κ3) is 7.64. The Morgan fingerprint density at radius 3 is 2.59 bits per heavy atom. The van der Waals surface area contributed by atoms with Gasteiger partial charge >= 0.3 is 12.1 Å². The third-order valence-corrected chi connectivity index (χ3v) is 7.01. The number of carbonyl (C=O) groups is 2. The van der Waals surface area contributed by atoms with Crippen LogP contribution in [0.3, 0.4) is 0 Å². The lowest BCUT2D eigenvalue weighted by molar-refractivity contribution is -0.192. The fourth-order valence-electron chi connectivity index (χ4n) is 3.70. The van der Waals surface area contributed by atoms with Gasteiger partial charge < -0.3 is 20.6 Å². The van der Waals surface area contributed by atoms with Gasteiger partial charge in [0.05, 0.1) is 23.7 Å². The number of hydrogen-bond acceptors (Lipinski definition) is 8. The van der Waals surface area contributed by atoms with Crippen molar-refractivity contribution in [1.82, 2.24) is 14.6 Å². The number of aliphatic carboxylic acids is 1. The lowest BCUT2D eigenvalue weighted by Gasteiger charge is -2.17. The maximum Gasteiger partial charge on any atom is 0.490 e. The van der Waals surface area contributed by atoms with Crippen molar-refractivity contribution in [2.45, 2.75) is 30.1 Å². The highest BCUT2D eigenvalue weighted by atomic mass is 32.2. The van der Waals surface area contributed by atoms with Gasteiger partial charge in [0.25, 0.3) is 0 Å². The maximum atomic E-state index is 12.9. The van der Waals surface area contributed by atoms with E-state index in [0.29, 0.717) is 30.9 Å². The van der Waals surface area contributed by atoms with Gasteiger partial charge in [-0.05, 0) is 41.8 Å². The highest BCUT2D eigenvalue weighted by Gasteiger charge is 2.38. The summed E-state index contributed by atoms with van der Waals surface area (Å²) >= 11 is 0. The Kier molecular flexibility index (Phi) is 9.08. The minimum atomic E-state index is -5.08. The minimum Gasteiger partial charge on any atom is -0.481 e. The molecule has 0 unspecified atom stereocenters.